The molecule has 0 radical (unpaired) electrons. The van der Waals surface area contributed by atoms with Gasteiger partial charge in [-0.3, -0.25) is 24.0 Å². The molecule has 11 heteroatoms. The number of amides is 1. The molecule has 2 aliphatic heterocycles. The van der Waals surface area contributed by atoms with E-state index in [9.17, 15) is 44.4 Å². The molecule has 4 bridgehead atoms. The van der Waals surface area contributed by atoms with Gasteiger partial charge in [0.05, 0.1) is 23.9 Å². The summed E-state index contributed by atoms with van der Waals surface area (Å²) in [6.45, 7) is 11.2. The minimum absolute atomic E-state index is 0.0812. The number of fused-ring (bicyclic) bond motifs is 18. The smallest absolute Gasteiger partial charge is 0.251 e. The predicted octanol–water partition coefficient (Wildman–Crippen LogP) is 5.69. The molecule has 0 saturated carbocycles. The van der Waals surface area contributed by atoms with Gasteiger partial charge in [0.15, 0.2) is 11.6 Å². The van der Waals surface area contributed by atoms with E-state index in [1.807, 2.05) is 0 Å². The van der Waals surface area contributed by atoms with Crippen LogP contribution < -0.4 is 5.32 Å². The number of Topliss-reactive ketones (excluding diaryl/α,β-unsaturated/α-hetero) is 4. The third kappa shape index (κ3) is 9.86. The normalized spacial score (nSPS) is 31.6. The number of aryl methyl sites for hydroxylation is 1. The van der Waals surface area contributed by atoms with Crippen LogP contribution in [0.15, 0.2) is 88.2 Å². The van der Waals surface area contributed by atoms with Crippen LogP contribution in [0.4, 0.5) is 0 Å². The Balaban J connectivity index is 2.08. The molecule has 51 heavy (non-hydrogen) atoms. The van der Waals surface area contributed by atoms with E-state index in [2.05, 4.69) is 5.32 Å². The summed E-state index contributed by atoms with van der Waals surface area (Å²) in [5, 5.41) is 44.9. The van der Waals surface area contributed by atoms with Crippen LogP contribution >= 0.6 is 11.6 Å². The van der Waals surface area contributed by atoms with Crippen LogP contribution in [-0.4, -0.2) is 67.8 Å². The second-order valence-electron chi connectivity index (χ2n) is 13.3. The van der Waals surface area contributed by atoms with Crippen molar-refractivity contribution >= 4 is 40.6 Å². The quantitative estimate of drug-likeness (QED) is 0.211. The minimum atomic E-state index is -1.01. The van der Waals surface area contributed by atoms with Gasteiger partial charge in [-0.05, 0) is 56.9 Å². The summed E-state index contributed by atoms with van der Waals surface area (Å²) in [6.07, 6.45) is 11.3. The maximum atomic E-state index is 13.8. The third-order valence-electron chi connectivity index (χ3n) is 9.11. The lowest BCUT2D eigenvalue weighted by molar-refractivity contribution is -0.118. The number of benzene rings is 1. The van der Waals surface area contributed by atoms with Crippen LogP contribution in [0, 0.1) is 24.7 Å². The van der Waals surface area contributed by atoms with Crippen molar-refractivity contribution in [2.24, 2.45) is 17.8 Å². The lowest BCUT2D eigenvalue weighted by atomic mass is 9.83. The van der Waals surface area contributed by atoms with Crippen LogP contribution in [0.2, 0.25) is 0 Å². The second kappa shape index (κ2) is 17.6. The number of rotatable bonds is 0. The first-order valence-electron chi connectivity index (χ1n) is 16.7. The first kappa shape index (κ1) is 40.9. The summed E-state index contributed by atoms with van der Waals surface area (Å²) in [4.78, 5) is 66.8. The molecule has 0 saturated heterocycles. The van der Waals surface area contributed by atoms with E-state index in [1.165, 1.54) is 45.1 Å². The number of carbonyl (C=O) groups excluding carboxylic acids is 5. The second-order valence-corrected chi connectivity index (χ2v) is 13.7. The van der Waals surface area contributed by atoms with Crippen molar-refractivity contribution in [3.05, 3.63) is 110 Å². The molecule has 1 aliphatic carbocycles. The number of hydrogen-bond acceptors (Lipinski definition) is 9. The predicted molar refractivity (Wildman–Crippen MR) is 195 cm³/mol. The van der Waals surface area contributed by atoms with Crippen molar-refractivity contribution in [2.75, 3.05) is 0 Å². The molecular formula is C40H46ClNO9. The van der Waals surface area contributed by atoms with Gasteiger partial charge >= 0.3 is 0 Å². The Morgan fingerprint density at radius 1 is 0.745 bits per heavy atom. The molecule has 3 aliphatic rings. The summed E-state index contributed by atoms with van der Waals surface area (Å²) in [5.41, 5.74) is -0.708. The highest BCUT2D eigenvalue weighted by Crippen LogP contribution is 2.37. The molecule has 1 aromatic rings. The summed E-state index contributed by atoms with van der Waals surface area (Å²) >= 11 is 6.36. The zero-order valence-corrected chi connectivity index (χ0v) is 30.6. The van der Waals surface area contributed by atoms with Crippen molar-refractivity contribution < 1.29 is 44.4 Å². The Hall–Kier alpha value is -4.48. The van der Waals surface area contributed by atoms with Crippen LogP contribution in [0.1, 0.15) is 91.0 Å². The fraction of sp³-hybridized carbons (Fsp3) is 0.375. The Bertz CT molecular complexity index is 1820. The number of ketones is 4. The molecule has 272 valence electrons. The molecule has 4 rings (SSSR count). The molecule has 2 heterocycles. The van der Waals surface area contributed by atoms with E-state index in [4.69, 9.17) is 11.6 Å². The molecule has 0 fully saturated rings. The topological polar surface area (TPSA) is 178 Å². The number of aliphatic hydroxyl groups is 3. The van der Waals surface area contributed by atoms with Crippen molar-refractivity contribution in [1.82, 2.24) is 5.32 Å². The van der Waals surface area contributed by atoms with Crippen LogP contribution in [0.5, 0.6) is 5.75 Å². The van der Waals surface area contributed by atoms with Gasteiger partial charge in [0.25, 0.3) is 5.91 Å². The fourth-order valence-electron chi connectivity index (χ4n) is 5.62. The van der Waals surface area contributed by atoms with E-state index < -0.39 is 81.0 Å². The average molecular weight is 720 g/mol. The summed E-state index contributed by atoms with van der Waals surface area (Å²) in [5.74, 6) is -5.47. The monoisotopic (exact) mass is 719 g/mol. The highest BCUT2D eigenvalue weighted by molar-refractivity contribution is 6.51. The maximum Gasteiger partial charge on any atom is 0.251 e. The number of aliphatic hydroxyl groups excluding tert-OH is 3. The standard InChI is InChI=1S/C40H46ClNO9/c1-20-11-9-8-10-12-23(4)40(51)42-34-33(41)39(50)31-28(38(34)49)18-26(7)37(48)32(31)36(47)25(6)17-24(5)35(46)22(3)14-16-27(43)15-13-21(2)30(45)19-29(20)44/h8-14,16-18,20,22,24,27,29,35,43-44,46,48H,15,19H2,1-7H3,(H,42,51)/b10-8-,11-9-,16-14-,21-13+,23-12-,25-17+/t20-,22+,24-,27+,29-,35-/m0/s1. The lowest BCUT2D eigenvalue weighted by Gasteiger charge is -2.23. The van der Waals surface area contributed by atoms with Crippen molar-refractivity contribution in [2.45, 2.75) is 79.6 Å². The minimum Gasteiger partial charge on any atom is -0.507 e. The van der Waals surface area contributed by atoms with Gasteiger partial charge in [-0.15, -0.1) is 0 Å². The number of carbonyl (C=O) groups is 5. The molecule has 1 amide bonds. The fourth-order valence-corrected chi connectivity index (χ4v) is 5.85. The first-order chi connectivity index (χ1) is 23.9. The first-order valence-corrected chi connectivity index (χ1v) is 17.1. The van der Waals surface area contributed by atoms with Crippen molar-refractivity contribution in [1.29, 1.82) is 0 Å². The van der Waals surface area contributed by atoms with Crippen LogP contribution in [-0.2, 0) is 9.59 Å². The number of aromatic hydroxyl groups is 1. The number of phenolic OH excluding ortho intramolecular Hbond substituents is 1. The SMILES string of the molecule is C/C1=C/C=C\C=C/[C@H](C)[C@@H](O)CC(=O)/C(C)=C/C[C@@H](O)/C=C\[C@@H](C)[C@H](O)[C@@H](C)/C=C(\C)C(=O)c2c(O)c(C)cc3c2C(=O)C(Cl)=C(NC1=O)C3=O. The zero-order chi connectivity index (χ0) is 38.3. The zero-order valence-electron chi connectivity index (χ0n) is 29.9. The van der Waals surface area contributed by atoms with Crippen LogP contribution in [0.3, 0.4) is 0 Å². The third-order valence-corrected chi connectivity index (χ3v) is 9.47. The van der Waals surface area contributed by atoms with Gasteiger partial charge in [-0.1, -0.05) is 87.1 Å². The van der Waals surface area contributed by atoms with Gasteiger partial charge < -0.3 is 25.7 Å². The number of allylic oxidation sites excluding steroid dienone is 8. The molecule has 5 N–H and O–H groups in total. The van der Waals surface area contributed by atoms with E-state index >= 15 is 0 Å². The van der Waals surface area contributed by atoms with E-state index in [1.54, 1.807) is 64.2 Å². The van der Waals surface area contributed by atoms with Crippen molar-refractivity contribution in [3.8, 4) is 5.75 Å². The average Bonchev–Trinajstić information content (AvgIpc) is 3.09. The van der Waals surface area contributed by atoms with Crippen molar-refractivity contribution in [3.63, 3.8) is 0 Å². The Kier molecular flexibility index (Phi) is 14.2. The van der Waals surface area contributed by atoms with E-state index in [-0.39, 0.29) is 46.8 Å². The van der Waals surface area contributed by atoms with Gasteiger partial charge in [0.1, 0.15) is 16.5 Å². The van der Waals surface area contributed by atoms with Gasteiger partial charge in [0.2, 0.25) is 11.6 Å². The number of hydrogen-bond donors (Lipinski definition) is 5. The summed E-state index contributed by atoms with van der Waals surface area (Å²) in [6, 6.07) is 1.26. The van der Waals surface area contributed by atoms with E-state index in [0.29, 0.717) is 5.57 Å². The number of halogens is 1. The van der Waals surface area contributed by atoms with Gasteiger partial charge in [-0.2, -0.15) is 0 Å². The largest absolute Gasteiger partial charge is 0.507 e. The summed E-state index contributed by atoms with van der Waals surface area (Å²) < 4.78 is 0. The van der Waals surface area contributed by atoms with Gasteiger partial charge in [-0.25, -0.2) is 0 Å². The highest BCUT2D eigenvalue weighted by Gasteiger charge is 2.38. The van der Waals surface area contributed by atoms with E-state index in [0.717, 1.165) is 0 Å². The lowest BCUT2D eigenvalue weighted by Crippen LogP contribution is -2.34. The molecule has 10 nitrogen and oxygen atoms in total. The Labute approximate surface area is 303 Å². The highest BCUT2D eigenvalue weighted by atomic mass is 35.5. The molecule has 1 aromatic carbocycles. The molecule has 0 unspecified atom stereocenters. The molecular weight excluding hydrogens is 674 g/mol. The molecule has 0 aromatic heterocycles. The maximum absolute atomic E-state index is 13.8. The van der Waals surface area contributed by atoms with Gasteiger partial charge in [0, 0.05) is 40.9 Å². The molecule has 0 spiro atoms. The number of nitrogens with one attached hydrogen (secondary N) is 1. The molecule has 6 atom stereocenters. The summed E-state index contributed by atoms with van der Waals surface area (Å²) in [7, 11) is 0. The van der Waals surface area contributed by atoms with Crippen LogP contribution in [0.25, 0.3) is 0 Å². The Morgan fingerprint density at radius 2 is 1.41 bits per heavy atom. The Morgan fingerprint density at radius 3 is 2.08 bits per heavy atom. The number of phenols is 1.